The zero-order chi connectivity index (χ0) is 14.0. The Hall–Kier alpha value is -1.95. The van der Waals surface area contributed by atoms with Gasteiger partial charge in [-0.3, -0.25) is 4.79 Å². The third kappa shape index (κ3) is 3.29. The number of carboxylic acid groups (broad SMARTS) is 1. The number of hydrogen-bond acceptors (Lipinski definition) is 2. The zero-order valence-electron chi connectivity index (χ0n) is 9.64. The number of benzene rings is 1. The number of rotatable bonds is 3. The average molecular weight is 326 g/mol. The van der Waals surface area contributed by atoms with Gasteiger partial charge >= 0.3 is 5.97 Å². The lowest BCUT2D eigenvalue weighted by Crippen LogP contribution is -2.20. The molecule has 0 fully saturated rings. The summed E-state index contributed by atoms with van der Waals surface area (Å²) in [6, 6.07) is 6.71. The summed E-state index contributed by atoms with van der Waals surface area (Å²) in [6.07, 6.45) is 1.38. The highest BCUT2D eigenvalue weighted by molar-refractivity contribution is 9.10. The molecular formula is C13H9BrFNO3. The topological polar surface area (TPSA) is 59.3 Å². The normalized spacial score (nSPS) is 10.4. The fraction of sp³-hybridized carbons (Fsp3) is 0.0769. The van der Waals surface area contributed by atoms with E-state index >= 15 is 0 Å². The van der Waals surface area contributed by atoms with E-state index in [2.05, 4.69) is 15.9 Å². The van der Waals surface area contributed by atoms with Crippen molar-refractivity contribution < 1.29 is 14.3 Å². The number of aromatic nitrogens is 1. The minimum Gasteiger partial charge on any atom is -0.478 e. The molecule has 19 heavy (non-hydrogen) atoms. The zero-order valence-corrected chi connectivity index (χ0v) is 11.2. The molecule has 0 atom stereocenters. The molecule has 0 amide bonds. The molecule has 1 heterocycles. The van der Waals surface area contributed by atoms with Crippen molar-refractivity contribution in [1.82, 2.24) is 4.57 Å². The second-order valence-corrected chi connectivity index (χ2v) is 4.88. The predicted molar refractivity (Wildman–Crippen MR) is 70.9 cm³/mol. The van der Waals surface area contributed by atoms with Gasteiger partial charge < -0.3 is 9.67 Å². The van der Waals surface area contributed by atoms with Gasteiger partial charge in [-0.25, -0.2) is 9.18 Å². The van der Waals surface area contributed by atoms with E-state index in [9.17, 15) is 14.0 Å². The van der Waals surface area contributed by atoms with Gasteiger partial charge in [-0.15, -0.1) is 0 Å². The van der Waals surface area contributed by atoms with Crippen LogP contribution in [0.3, 0.4) is 0 Å². The van der Waals surface area contributed by atoms with Gasteiger partial charge in [0.05, 0.1) is 12.1 Å². The molecular weight excluding hydrogens is 317 g/mol. The molecule has 4 nitrogen and oxygen atoms in total. The summed E-state index contributed by atoms with van der Waals surface area (Å²) in [5, 5.41) is 8.76. The van der Waals surface area contributed by atoms with Gasteiger partial charge in [0.15, 0.2) is 0 Å². The minimum absolute atomic E-state index is 0.0679. The van der Waals surface area contributed by atoms with E-state index in [1.54, 1.807) is 6.07 Å². The first-order valence-electron chi connectivity index (χ1n) is 5.34. The Labute approximate surface area is 116 Å². The third-order valence-corrected chi connectivity index (χ3v) is 2.98. The molecule has 0 radical (unpaired) electrons. The Morgan fingerprint density at radius 3 is 2.63 bits per heavy atom. The lowest BCUT2D eigenvalue weighted by molar-refractivity contribution is 0.0696. The van der Waals surface area contributed by atoms with E-state index in [0.29, 0.717) is 10.0 Å². The summed E-state index contributed by atoms with van der Waals surface area (Å²) in [7, 11) is 0. The quantitative estimate of drug-likeness (QED) is 0.943. The maximum Gasteiger partial charge on any atom is 0.335 e. The Kier molecular flexibility index (Phi) is 3.80. The van der Waals surface area contributed by atoms with Gasteiger partial charge in [0.1, 0.15) is 5.82 Å². The van der Waals surface area contributed by atoms with Crippen LogP contribution in [0.5, 0.6) is 0 Å². The highest BCUT2D eigenvalue weighted by Crippen LogP contribution is 2.15. The van der Waals surface area contributed by atoms with Crippen molar-refractivity contribution in [2.45, 2.75) is 6.54 Å². The number of aromatic carboxylic acids is 1. The predicted octanol–water partition coefficient (Wildman–Crippen LogP) is 2.50. The average Bonchev–Trinajstić information content (AvgIpc) is 2.30. The van der Waals surface area contributed by atoms with Crippen molar-refractivity contribution in [3.8, 4) is 0 Å². The summed E-state index contributed by atoms with van der Waals surface area (Å²) < 4.78 is 15.1. The summed E-state index contributed by atoms with van der Waals surface area (Å²) >= 11 is 3.17. The summed E-state index contributed by atoms with van der Waals surface area (Å²) in [5.41, 5.74) is 0.0963. The van der Waals surface area contributed by atoms with Crippen molar-refractivity contribution >= 4 is 21.9 Å². The van der Waals surface area contributed by atoms with Gasteiger partial charge in [0.25, 0.3) is 5.56 Å². The van der Waals surface area contributed by atoms with Crippen LogP contribution < -0.4 is 5.56 Å². The van der Waals surface area contributed by atoms with Crippen LogP contribution >= 0.6 is 15.9 Å². The SMILES string of the molecule is O=C(O)c1ccn(Cc2cc(F)cc(Br)c2)c(=O)c1. The molecule has 1 aromatic heterocycles. The summed E-state index contributed by atoms with van der Waals surface area (Å²) in [6.45, 7) is 0.176. The third-order valence-electron chi connectivity index (χ3n) is 2.52. The first kappa shape index (κ1) is 13.5. The van der Waals surface area contributed by atoms with Crippen LogP contribution in [0.25, 0.3) is 0 Å². The molecule has 0 aliphatic heterocycles. The fourth-order valence-electron chi connectivity index (χ4n) is 1.67. The van der Waals surface area contributed by atoms with Gasteiger partial charge in [-0.2, -0.15) is 0 Å². The van der Waals surface area contributed by atoms with E-state index in [1.807, 2.05) is 0 Å². The Morgan fingerprint density at radius 2 is 2.05 bits per heavy atom. The van der Waals surface area contributed by atoms with E-state index < -0.39 is 17.3 Å². The standard InChI is InChI=1S/C13H9BrFNO3/c14-10-3-8(4-11(15)6-10)7-16-2-1-9(13(18)19)5-12(16)17/h1-6H,7H2,(H,18,19). The molecule has 0 saturated heterocycles. The van der Waals surface area contributed by atoms with Crippen LogP contribution in [0.4, 0.5) is 4.39 Å². The molecule has 0 spiro atoms. The van der Waals surface area contributed by atoms with Gasteiger partial charge in [0.2, 0.25) is 0 Å². The van der Waals surface area contributed by atoms with Gasteiger partial charge in [-0.1, -0.05) is 15.9 Å². The summed E-state index contributed by atoms with van der Waals surface area (Å²) in [5.74, 6) is -1.56. The first-order valence-corrected chi connectivity index (χ1v) is 6.14. The Bertz CT molecular complexity index is 676. The maximum atomic E-state index is 13.2. The molecule has 1 aromatic carbocycles. The van der Waals surface area contributed by atoms with Crippen molar-refractivity contribution in [3.63, 3.8) is 0 Å². The highest BCUT2D eigenvalue weighted by Gasteiger charge is 2.06. The number of carbonyl (C=O) groups is 1. The van der Waals surface area contributed by atoms with Crippen molar-refractivity contribution in [1.29, 1.82) is 0 Å². The molecule has 2 rings (SSSR count). The van der Waals surface area contributed by atoms with E-state index in [4.69, 9.17) is 5.11 Å². The second kappa shape index (κ2) is 5.36. The van der Waals surface area contributed by atoms with E-state index in [0.717, 1.165) is 6.07 Å². The minimum atomic E-state index is -1.15. The highest BCUT2D eigenvalue weighted by atomic mass is 79.9. The van der Waals surface area contributed by atoms with Crippen LogP contribution in [0, 0.1) is 5.82 Å². The number of nitrogens with zero attached hydrogens (tertiary/aromatic N) is 1. The van der Waals surface area contributed by atoms with E-state index in [-0.39, 0.29) is 12.1 Å². The lowest BCUT2D eigenvalue weighted by atomic mass is 10.2. The maximum absolute atomic E-state index is 13.2. The Balaban J connectivity index is 2.33. The van der Waals surface area contributed by atoms with Crippen LogP contribution in [-0.4, -0.2) is 15.6 Å². The molecule has 2 aromatic rings. The van der Waals surface area contributed by atoms with Crippen LogP contribution in [-0.2, 0) is 6.54 Å². The summed E-state index contributed by atoms with van der Waals surface area (Å²) in [4.78, 5) is 22.4. The smallest absolute Gasteiger partial charge is 0.335 e. The molecule has 98 valence electrons. The second-order valence-electron chi connectivity index (χ2n) is 3.96. The molecule has 0 bridgehead atoms. The number of halogens is 2. The monoisotopic (exact) mass is 325 g/mol. The largest absolute Gasteiger partial charge is 0.478 e. The Morgan fingerprint density at radius 1 is 1.32 bits per heavy atom. The lowest BCUT2D eigenvalue weighted by Gasteiger charge is -2.07. The molecule has 0 aliphatic rings. The first-order chi connectivity index (χ1) is 8.95. The van der Waals surface area contributed by atoms with Crippen LogP contribution in [0.15, 0.2) is 45.8 Å². The van der Waals surface area contributed by atoms with Crippen LogP contribution in [0.1, 0.15) is 15.9 Å². The molecule has 0 saturated carbocycles. The van der Waals surface area contributed by atoms with Gasteiger partial charge in [-0.05, 0) is 29.8 Å². The van der Waals surface area contributed by atoms with E-state index in [1.165, 1.54) is 29.0 Å². The number of carboxylic acids is 1. The van der Waals surface area contributed by atoms with Gasteiger partial charge in [0, 0.05) is 16.7 Å². The number of pyridine rings is 1. The van der Waals surface area contributed by atoms with Crippen molar-refractivity contribution in [2.24, 2.45) is 0 Å². The molecule has 0 aliphatic carbocycles. The van der Waals surface area contributed by atoms with Crippen molar-refractivity contribution in [2.75, 3.05) is 0 Å². The fourth-order valence-corrected chi connectivity index (χ4v) is 2.18. The van der Waals surface area contributed by atoms with Crippen molar-refractivity contribution in [3.05, 3.63) is 68.3 Å². The van der Waals surface area contributed by atoms with Crippen LogP contribution in [0.2, 0.25) is 0 Å². The molecule has 1 N–H and O–H groups in total. The molecule has 0 unspecified atom stereocenters. The number of hydrogen-bond donors (Lipinski definition) is 1. The molecule has 6 heteroatoms.